The number of piperazine rings is 1. The highest BCUT2D eigenvalue weighted by molar-refractivity contribution is 4.92. The molecule has 2 heteroatoms. The van der Waals surface area contributed by atoms with Crippen molar-refractivity contribution in [1.82, 2.24) is 10.2 Å². The molecule has 3 fully saturated rings. The van der Waals surface area contributed by atoms with Gasteiger partial charge in [-0.05, 0) is 31.6 Å². The lowest BCUT2D eigenvalue weighted by Gasteiger charge is -2.39. The summed E-state index contributed by atoms with van der Waals surface area (Å²) in [5.74, 6) is 1.02. The largest absolute Gasteiger partial charge is 0.311 e. The summed E-state index contributed by atoms with van der Waals surface area (Å²) in [6.07, 6.45) is 11.8. The number of hydrogen-bond donors (Lipinski definition) is 1. The van der Waals surface area contributed by atoms with Gasteiger partial charge in [-0.3, -0.25) is 4.90 Å². The van der Waals surface area contributed by atoms with E-state index in [1.807, 2.05) is 0 Å². The Bertz CT molecular complexity index is 217. The highest BCUT2D eigenvalue weighted by Gasteiger charge is 2.35. The second kappa shape index (κ2) is 5.05. The van der Waals surface area contributed by atoms with Gasteiger partial charge in [0.05, 0.1) is 0 Å². The molecule has 0 spiro atoms. The first kappa shape index (κ1) is 11.0. The maximum absolute atomic E-state index is 3.72. The van der Waals surface area contributed by atoms with E-state index in [0.29, 0.717) is 0 Å². The first-order chi connectivity index (χ1) is 7.93. The molecule has 1 saturated heterocycles. The van der Waals surface area contributed by atoms with E-state index in [0.717, 1.165) is 18.0 Å². The molecule has 3 aliphatic rings. The molecule has 2 nitrogen and oxygen atoms in total. The standard InChI is InChI=1S/C14H26N2/c1-2-4-6-13(5-3-1)16-10-9-15-14(11-16)12-7-8-12/h12-15H,1-11H2. The zero-order chi connectivity index (χ0) is 10.8. The van der Waals surface area contributed by atoms with E-state index in [4.69, 9.17) is 0 Å². The Balaban J connectivity index is 1.55. The molecule has 16 heavy (non-hydrogen) atoms. The SMILES string of the molecule is C1CCCC(N2CCNC(C3CC3)C2)CC1. The first-order valence-electron chi connectivity index (χ1n) is 7.41. The van der Waals surface area contributed by atoms with Crippen molar-refractivity contribution in [2.75, 3.05) is 19.6 Å². The van der Waals surface area contributed by atoms with Crippen LogP contribution in [0.3, 0.4) is 0 Å². The lowest BCUT2D eigenvalue weighted by Crippen LogP contribution is -2.54. The molecule has 1 N–H and O–H groups in total. The van der Waals surface area contributed by atoms with Crippen LogP contribution in [0.25, 0.3) is 0 Å². The van der Waals surface area contributed by atoms with Gasteiger partial charge in [0.25, 0.3) is 0 Å². The van der Waals surface area contributed by atoms with Gasteiger partial charge >= 0.3 is 0 Å². The van der Waals surface area contributed by atoms with Crippen LogP contribution in [0.2, 0.25) is 0 Å². The van der Waals surface area contributed by atoms with Crippen LogP contribution in [0.1, 0.15) is 51.4 Å². The molecule has 92 valence electrons. The van der Waals surface area contributed by atoms with Crippen molar-refractivity contribution < 1.29 is 0 Å². The second-order valence-corrected chi connectivity index (χ2v) is 6.04. The fraction of sp³-hybridized carbons (Fsp3) is 1.00. The Hall–Kier alpha value is -0.0800. The third kappa shape index (κ3) is 2.60. The van der Waals surface area contributed by atoms with Crippen molar-refractivity contribution in [3.63, 3.8) is 0 Å². The lowest BCUT2D eigenvalue weighted by atomic mass is 10.0. The number of nitrogens with zero attached hydrogens (tertiary/aromatic N) is 1. The molecule has 1 unspecified atom stereocenters. The quantitative estimate of drug-likeness (QED) is 0.722. The highest BCUT2D eigenvalue weighted by atomic mass is 15.2. The van der Waals surface area contributed by atoms with Gasteiger partial charge in [0, 0.05) is 31.7 Å². The molecule has 1 aliphatic heterocycles. The summed E-state index contributed by atoms with van der Waals surface area (Å²) in [6.45, 7) is 3.88. The molecule has 1 atom stereocenters. The van der Waals surface area contributed by atoms with Gasteiger partial charge in [0.15, 0.2) is 0 Å². The maximum Gasteiger partial charge on any atom is 0.0223 e. The lowest BCUT2D eigenvalue weighted by molar-refractivity contribution is 0.124. The van der Waals surface area contributed by atoms with E-state index in [2.05, 4.69) is 10.2 Å². The maximum atomic E-state index is 3.72. The number of nitrogens with one attached hydrogen (secondary N) is 1. The van der Waals surface area contributed by atoms with Crippen LogP contribution in [0.15, 0.2) is 0 Å². The van der Waals surface area contributed by atoms with E-state index in [-0.39, 0.29) is 0 Å². The second-order valence-electron chi connectivity index (χ2n) is 6.04. The third-order valence-electron chi connectivity index (χ3n) is 4.77. The van der Waals surface area contributed by atoms with E-state index < -0.39 is 0 Å². The first-order valence-corrected chi connectivity index (χ1v) is 7.41. The Morgan fingerprint density at radius 1 is 0.875 bits per heavy atom. The van der Waals surface area contributed by atoms with Crippen molar-refractivity contribution in [1.29, 1.82) is 0 Å². The smallest absolute Gasteiger partial charge is 0.0223 e. The highest BCUT2D eigenvalue weighted by Crippen LogP contribution is 2.34. The predicted octanol–water partition coefficient (Wildman–Crippen LogP) is 2.39. The summed E-state index contributed by atoms with van der Waals surface area (Å²) in [6, 6.07) is 1.75. The van der Waals surface area contributed by atoms with Crippen molar-refractivity contribution in [3.05, 3.63) is 0 Å². The molecule has 2 saturated carbocycles. The monoisotopic (exact) mass is 222 g/mol. The number of rotatable bonds is 2. The molecule has 3 rings (SSSR count). The van der Waals surface area contributed by atoms with Crippen LogP contribution in [-0.4, -0.2) is 36.6 Å². The Morgan fingerprint density at radius 2 is 1.62 bits per heavy atom. The van der Waals surface area contributed by atoms with Crippen molar-refractivity contribution >= 4 is 0 Å². The molecule has 0 aromatic carbocycles. The predicted molar refractivity (Wildman–Crippen MR) is 67.6 cm³/mol. The van der Waals surface area contributed by atoms with E-state index in [1.54, 1.807) is 0 Å². The van der Waals surface area contributed by atoms with E-state index in [1.165, 1.54) is 71.0 Å². The third-order valence-corrected chi connectivity index (χ3v) is 4.77. The average Bonchev–Trinajstić information content (AvgIpc) is 3.17. The van der Waals surface area contributed by atoms with Gasteiger partial charge in [-0.25, -0.2) is 0 Å². The van der Waals surface area contributed by atoms with E-state index in [9.17, 15) is 0 Å². The van der Waals surface area contributed by atoms with Crippen LogP contribution in [0.4, 0.5) is 0 Å². The molecule has 0 aromatic heterocycles. The zero-order valence-electron chi connectivity index (χ0n) is 10.5. The minimum atomic E-state index is 0.831. The van der Waals surface area contributed by atoms with Gasteiger partial charge in [0.2, 0.25) is 0 Å². The van der Waals surface area contributed by atoms with Gasteiger partial charge in [0.1, 0.15) is 0 Å². The van der Waals surface area contributed by atoms with Crippen LogP contribution in [-0.2, 0) is 0 Å². The summed E-state index contributed by atoms with van der Waals surface area (Å²) < 4.78 is 0. The van der Waals surface area contributed by atoms with Crippen LogP contribution in [0, 0.1) is 5.92 Å². The molecule has 0 amide bonds. The van der Waals surface area contributed by atoms with Gasteiger partial charge in [-0.1, -0.05) is 25.7 Å². The molecular weight excluding hydrogens is 196 g/mol. The van der Waals surface area contributed by atoms with Gasteiger partial charge < -0.3 is 5.32 Å². The Kier molecular flexibility index (Phi) is 3.49. The topological polar surface area (TPSA) is 15.3 Å². The van der Waals surface area contributed by atoms with Gasteiger partial charge in [-0.2, -0.15) is 0 Å². The molecular formula is C14H26N2. The molecule has 0 aromatic rings. The van der Waals surface area contributed by atoms with Crippen molar-refractivity contribution in [2.45, 2.75) is 63.5 Å². The summed E-state index contributed by atoms with van der Waals surface area (Å²) >= 11 is 0. The fourth-order valence-corrected chi connectivity index (χ4v) is 3.57. The fourth-order valence-electron chi connectivity index (χ4n) is 3.57. The average molecular weight is 222 g/mol. The Labute approximate surface area is 99.8 Å². The normalized spacial score (nSPS) is 34.9. The van der Waals surface area contributed by atoms with E-state index >= 15 is 0 Å². The summed E-state index contributed by atoms with van der Waals surface area (Å²) in [5.41, 5.74) is 0. The van der Waals surface area contributed by atoms with Crippen LogP contribution in [0.5, 0.6) is 0 Å². The summed E-state index contributed by atoms with van der Waals surface area (Å²) in [7, 11) is 0. The molecule has 0 radical (unpaired) electrons. The van der Waals surface area contributed by atoms with Gasteiger partial charge in [-0.15, -0.1) is 0 Å². The molecule has 0 bridgehead atoms. The summed E-state index contributed by atoms with van der Waals surface area (Å²) in [5, 5.41) is 3.72. The van der Waals surface area contributed by atoms with Crippen LogP contribution < -0.4 is 5.32 Å². The Morgan fingerprint density at radius 3 is 2.31 bits per heavy atom. The van der Waals surface area contributed by atoms with Crippen LogP contribution >= 0.6 is 0 Å². The minimum absolute atomic E-state index is 0.831. The molecule has 2 aliphatic carbocycles. The molecule has 1 heterocycles. The minimum Gasteiger partial charge on any atom is -0.311 e. The summed E-state index contributed by atoms with van der Waals surface area (Å²) in [4.78, 5) is 2.81. The van der Waals surface area contributed by atoms with Crippen molar-refractivity contribution in [3.8, 4) is 0 Å². The van der Waals surface area contributed by atoms with Crippen molar-refractivity contribution in [2.24, 2.45) is 5.92 Å². The number of hydrogen-bond acceptors (Lipinski definition) is 2. The zero-order valence-corrected chi connectivity index (χ0v) is 10.5.